The van der Waals surface area contributed by atoms with Crippen molar-refractivity contribution in [1.82, 2.24) is 0 Å². The van der Waals surface area contributed by atoms with Crippen molar-refractivity contribution in [3.05, 3.63) is 29.3 Å². The highest BCUT2D eigenvalue weighted by molar-refractivity contribution is 7.80. The first-order valence-electron chi connectivity index (χ1n) is 7.09. The van der Waals surface area contributed by atoms with Crippen LogP contribution in [0.5, 0.6) is 0 Å². The van der Waals surface area contributed by atoms with E-state index >= 15 is 0 Å². The van der Waals surface area contributed by atoms with E-state index in [0.717, 1.165) is 25.7 Å². The van der Waals surface area contributed by atoms with Crippen molar-refractivity contribution >= 4 is 22.9 Å². The molecule has 0 aliphatic heterocycles. The summed E-state index contributed by atoms with van der Waals surface area (Å²) in [5.41, 5.74) is 5.52. The number of anilines is 1. The summed E-state index contributed by atoms with van der Waals surface area (Å²) in [5, 5.41) is 3.16. The first-order chi connectivity index (χ1) is 9.54. The maximum Gasteiger partial charge on any atom is 0.182 e. The number of halogens is 2. The normalized spacial score (nSPS) is 22.6. The third-order valence-corrected chi connectivity index (χ3v) is 4.34. The number of benzene rings is 1. The molecule has 0 radical (unpaired) electrons. The summed E-state index contributed by atoms with van der Waals surface area (Å²) in [6, 6.07) is 3.17. The average molecular weight is 298 g/mol. The lowest BCUT2D eigenvalue weighted by Crippen LogP contribution is -2.32. The van der Waals surface area contributed by atoms with Gasteiger partial charge < -0.3 is 11.1 Å². The Morgan fingerprint density at radius 1 is 1.30 bits per heavy atom. The van der Waals surface area contributed by atoms with Crippen LogP contribution in [0.4, 0.5) is 14.5 Å². The molecule has 2 nitrogen and oxygen atoms in total. The monoisotopic (exact) mass is 298 g/mol. The van der Waals surface area contributed by atoms with Crippen molar-refractivity contribution in [3.63, 3.8) is 0 Å². The zero-order valence-electron chi connectivity index (χ0n) is 11.6. The first kappa shape index (κ1) is 15.2. The van der Waals surface area contributed by atoms with Gasteiger partial charge in [-0.05, 0) is 30.9 Å². The summed E-state index contributed by atoms with van der Waals surface area (Å²) >= 11 is 4.70. The molecule has 3 N–H and O–H groups in total. The molecule has 1 aliphatic rings. The average Bonchev–Trinajstić information content (AvgIpc) is 2.44. The van der Waals surface area contributed by atoms with Crippen LogP contribution in [-0.4, -0.2) is 11.0 Å². The van der Waals surface area contributed by atoms with E-state index in [1.54, 1.807) is 0 Å². The number of nitrogens with two attached hydrogens (primary N) is 1. The molecule has 1 aromatic rings. The molecule has 0 heterocycles. The first-order valence-corrected chi connectivity index (χ1v) is 7.49. The van der Waals surface area contributed by atoms with Gasteiger partial charge >= 0.3 is 0 Å². The van der Waals surface area contributed by atoms with Crippen molar-refractivity contribution in [1.29, 1.82) is 0 Å². The van der Waals surface area contributed by atoms with E-state index in [-0.39, 0.29) is 22.3 Å². The quantitative estimate of drug-likeness (QED) is 0.826. The van der Waals surface area contributed by atoms with E-state index in [0.29, 0.717) is 5.92 Å². The number of nitrogens with one attached hydrogen (secondary N) is 1. The molecule has 1 saturated carbocycles. The minimum absolute atomic E-state index is 0.0428. The predicted molar refractivity (Wildman–Crippen MR) is 81.9 cm³/mol. The molecule has 1 fully saturated rings. The van der Waals surface area contributed by atoms with Crippen LogP contribution in [0.25, 0.3) is 0 Å². The summed E-state index contributed by atoms with van der Waals surface area (Å²) in [6.45, 7) is 2.14. The third-order valence-electron chi connectivity index (χ3n) is 4.12. The summed E-state index contributed by atoms with van der Waals surface area (Å²) in [6.07, 6.45) is 5.53. The van der Waals surface area contributed by atoms with Gasteiger partial charge in [0.15, 0.2) is 11.6 Å². The van der Waals surface area contributed by atoms with Crippen molar-refractivity contribution in [2.45, 2.75) is 45.1 Å². The Labute approximate surface area is 123 Å². The zero-order chi connectivity index (χ0) is 14.7. The fraction of sp³-hybridized carbons (Fsp3) is 0.533. The molecular weight excluding hydrogens is 278 g/mol. The highest BCUT2D eigenvalue weighted by Gasteiger charge is 2.25. The lowest BCUT2D eigenvalue weighted by atomic mass is 9.83. The van der Waals surface area contributed by atoms with Gasteiger partial charge in [-0.3, -0.25) is 0 Å². The Kier molecular flexibility index (Phi) is 4.91. The van der Waals surface area contributed by atoms with Crippen LogP contribution >= 0.6 is 12.2 Å². The summed E-state index contributed by atoms with van der Waals surface area (Å²) in [4.78, 5) is -0.128. The van der Waals surface area contributed by atoms with Gasteiger partial charge in [-0.2, -0.15) is 0 Å². The Balaban J connectivity index is 2.21. The molecule has 0 spiro atoms. The van der Waals surface area contributed by atoms with Crippen LogP contribution in [0.15, 0.2) is 12.1 Å². The van der Waals surface area contributed by atoms with E-state index in [1.807, 2.05) is 0 Å². The Hall–Kier alpha value is -1.23. The Morgan fingerprint density at radius 3 is 2.65 bits per heavy atom. The van der Waals surface area contributed by atoms with Crippen LogP contribution in [-0.2, 0) is 0 Å². The SMILES string of the molecule is CCC1CCCCC1Nc1ccc(C(N)=S)c(F)c1F. The van der Waals surface area contributed by atoms with Crippen molar-refractivity contribution in [2.75, 3.05) is 5.32 Å². The van der Waals surface area contributed by atoms with Crippen LogP contribution in [0, 0.1) is 17.6 Å². The molecule has 2 rings (SSSR count). The minimum atomic E-state index is -0.966. The van der Waals surface area contributed by atoms with Crippen molar-refractivity contribution in [3.8, 4) is 0 Å². The highest BCUT2D eigenvalue weighted by Crippen LogP contribution is 2.31. The van der Waals surface area contributed by atoms with Crippen molar-refractivity contribution < 1.29 is 8.78 Å². The van der Waals surface area contributed by atoms with Gasteiger partial charge in [0.05, 0.1) is 5.69 Å². The maximum atomic E-state index is 14.1. The molecule has 5 heteroatoms. The number of rotatable bonds is 4. The second-order valence-corrected chi connectivity index (χ2v) is 5.80. The predicted octanol–water partition coefficient (Wildman–Crippen LogP) is 3.98. The molecule has 0 bridgehead atoms. The van der Waals surface area contributed by atoms with Crippen LogP contribution in [0.1, 0.15) is 44.6 Å². The second kappa shape index (κ2) is 6.48. The van der Waals surface area contributed by atoms with Gasteiger partial charge in [0.1, 0.15) is 4.99 Å². The van der Waals surface area contributed by atoms with E-state index in [2.05, 4.69) is 12.2 Å². The zero-order valence-corrected chi connectivity index (χ0v) is 12.4. The van der Waals surface area contributed by atoms with Gasteiger partial charge in [0.25, 0.3) is 0 Å². The molecule has 0 aromatic heterocycles. The number of thiocarbonyl (C=S) groups is 1. The molecule has 20 heavy (non-hydrogen) atoms. The highest BCUT2D eigenvalue weighted by atomic mass is 32.1. The summed E-state index contributed by atoms with van der Waals surface area (Å²) in [5.74, 6) is -1.34. The number of hydrogen-bond donors (Lipinski definition) is 2. The standard InChI is InChI=1S/C15H20F2N2S/c1-2-9-5-3-4-6-11(9)19-12-8-7-10(15(18)20)13(16)14(12)17/h7-9,11,19H,2-6H2,1H3,(H2,18,20). The van der Waals surface area contributed by atoms with Crippen LogP contribution in [0.2, 0.25) is 0 Å². The second-order valence-electron chi connectivity index (χ2n) is 5.36. The van der Waals surface area contributed by atoms with Gasteiger partial charge in [0, 0.05) is 11.6 Å². The minimum Gasteiger partial charge on any atom is -0.389 e. The summed E-state index contributed by atoms with van der Waals surface area (Å²) < 4.78 is 27.9. The van der Waals surface area contributed by atoms with Gasteiger partial charge in [-0.15, -0.1) is 0 Å². The van der Waals surface area contributed by atoms with E-state index in [9.17, 15) is 8.78 Å². The van der Waals surface area contributed by atoms with Crippen molar-refractivity contribution in [2.24, 2.45) is 11.7 Å². The van der Waals surface area contributed by atoms with Gasteiger partial charge in [-0.25, -0.2) is 8.78 Å². The maximum absolute atomic E-state index is 14.1. The Morgan fingerprint density at radius 2 is 2.00 bits per heavy atom. The molecule has 1 aliphatic carbocycles. The fourth-order valence-electron chi connectivity index (χ4n) is 2.94. The molecule has 110 valence electrons. The summed E-state index contributed by atoms with van der Waals surface area (Å²) in [7, 11) is 0. The lowest BCUT2D eigenvalue weighted by molar-refractivity contribution is 0.316. The van der Waals surface area contributed by atoms with E-state index in [1.165, 1.54) is 18.6 Å². The molecule has 2 atom stereocenters. The molecule has 0 amide bonds. The van der Waals surface area contributed by atoms with Gasteiger partial charge in [0.2, 0.25) is 0 Å². The topological polar surface area (TPSA) is 38.0 Å². The smallest absolute Gasteiger partial charge is 0.182 e. The third kappa shape index (κ3) is 3.08. The fourth-order valence-corrected chi connectivity index (χ4v) is 3.09. The van der Waals surface area contributed by atoms with Gasteiger partial charge in [-0.1, -0.05) is 38.4 Å². The lowest BCUT2D eigenvalue weighted by Gasteiger charge is -2.32. The van der Waals surface area contributed by atoms with Crippen LogP contribution in [0.3, 0.4) is 0 Å². The molecule has 2 unspecified atom stereocenters. The van der Waals surface area contributed by atoms with Crippen LogP contribution < -0.4 is 11.1 Å². The Bertz CT molecular complexity index is 505. The molecule has 0 saturated heterocycles. The van der Waals surface area contributed by atoms with E-state index < -0.39 is 11.6 Å². The molecular formula is C15H20F2N2S. The van der Waals surface area contributed by atoms with E-state index in [4.69, 9.17) is 18.0 Å². The number of hydrogen-bond acceptors (Lipinski definition) is 2. The largest absolute Gasteiger partial charge is 0.389 e. The molecule has 1 aromatic carbocycles.